The lowest BCUT2D eigenvalue weighted by molar-refractivity contribution is -0.133. The molecule has 1 spiro atoms. The van der Waals surface area contributed by atoms with Gasteiger partial charge in [-0.2, -0.15) is 0 Å². The summed E-state index contributed by atoms with van der Waals surface area (Å²) in [5.41, 5.74) is 0.407. The van der Waals surface area contributed by atoms with Gasteiger partial charge in [-0.1, -0.05) is 46.5 Å². The van der Waals surface area contributed by atoms with Gasteiger partial charge in [0.1, 0.15) is 0 Å². The second-order valence-electron chi connectivity index (χ2n) is 6.62. The molecule has 0 radical (unpaired) electrons. The van der Waals surface area contributed by atoms with Crippen LogP contribution in [0, 0.1) is 16.7 Å². The average molecular weight is 210 g/mol. The van der Waals surface area contributed by atoms with E-state index in [4.69, 9.17) is 0 Å². The Morgan fingerprint density at radius 3 is 2.33 bits per heavy atom. The first-order valence-electron chi connectivity index (χ1n) is 6.67. The molecule has 0 aliphatic heterocycles. The van der Waals surface area contributed by atoms with Gasteiger partial charge in [0.2, 0.25) is 0 Å². The zero-order chi connectivity index (χ0) is 11.1. The van der Waals surface area contributed by atoms with Crippen LogP contribution in [0.1, 0.15) is 65.7 Å². The molecule has 1 N–H and O–H groups in total. The molecule has 3 unspecified atom stereocenters. The lowest BCUT2D eigenvalue weighted by atomic mass is 9.53. The summed E-state index contributed by atoms with van der Waals surface area (Å²) in [4.78, 5) is 0. The molecule has 1 heteroatoms. The van der Waals surface area contributed by atoms with E-state index in [0.29, 0.717) is 0 Å². The van der Waals surface area contributed by atoms with E-state index in [-0.39, 0.29) is 16.9 Å². The van der Waals surface area contributed by atoms with Crippen LogP contribution in [0.15, 0.2) is 0 Å². The fourth-order valence-electron chi connectivity index (χ4n) is 4.14. The summed E-state index contributed by atoms with van der Waals surface area (Å²) in [7, 11) is 0. The van der Waals surface area contributed by atoms with E-state index in [1.807, 2.05) is 0 Å². The van der Waals surface area contributed by atoms with Crippen molar-refractivity contribution in [1.82, 2.24) is 0 Å². The molecule has 3 atom stereocenters. The number of hydrogen-bond donors (Lipinski definition) is 1. The van der Waals surface area contributed by atoms with Gasteiger partial charge in [-0.15, -0.1) is 0 Å². The van der Waals surface area contributed by atoms with Crippen molar-refractivity contribution in [2.24, 2.45) is 16.7 Å². The summed E-state index contributed by atoms with van der Waals surface area (Å²) in [6, 6.07) is 0. The molecule has 2 aliphatic rings. The van der Waals surface area contributed by atoms with E-state index < -0.39 is 0 Å². The van der Waals surface area contributed by atoms with E-state index in [1.54, 1.807) is 0 Å². The van der Waals surface area contributed by atoms with Gasteiger partial charge in [-0.25, -0.2) is 0 Å². The summed E-state index contributed by atoms with van der Waals surface area (Å²) < 4.78 is 0. The normalized spacial score (nSPS) is 45.6. The lowest BCUT2D eigenvalue weighted by Gasteiger charge is -2.54. The maximum Gasteiger partial charge on any atom is 0.0649 e. The van der Waals surface area contributed by atoms with E-state index in [0.717, 1.165) is 5.92 Å². The molecule has 0 aromatic heterocycles. The Balaban J connectivity index is 2.25. The van der Waals surface area contributed by atoms with Crippen molar-refractivity contribution >= 4 is 0 Å². The van der Waals surface area contributed by atoms with Crippen LogP contribution in [0.25, 0.3) is 0 Å². The summed E-state index contributed by atoms with van der Waals surface area (Å²) in [5, 5.41) is 10.7. The maximum atomic E-state index is 10.7. The van der Waals surface area contributed by atoms with Crippen molar-refractivity contribution in [3.8, 4) is 0 Å². The smallest absolute Gasteiger partial charge is 0.0649 e. The Hall–Kier alpha value is -0.0400. The molecule has 0 aromatic rings. The van der Waals surface area contributed by atoms with Gasteiger partial charge in [0.05, 0.1) is 6.10 Å². The molecule has 2 aliphatic carbocycles. The Bertz CT molecular complexity index is 229. The second-order valence-corrected chi connectivity index (χ2v) is 6.62. The highest BCUT2D eigenvalue weighted by atomic mass is 16.3. The highest BCUT2D eigenvalue weighted by molar-refractivity contribution is 5.01. The lowest BCUT2D eigenvalue weighted by Crippen LogP contribution is -2.52. The molecule has 0 saturated heterocycles. The molecule has 0 heterocycles. The highest BCUT2D eigenvalue weighted by Gasteiger charge is 2.51. The molecular weight excluding hydrogens is 184 g/mol. The molecule has 2 saturated carbocycles. The molecule has 0 bridgehead atoms. The van der Waals surface area contributed by atoms with Gasteiger partial charge in [-0.05, 0) is 36.0 Å². The predicted octanol–water partition coefficient (Wildman–Crippen LogP) is 3.75. The Kier molecular flexibility index (Phi) is 2.87. The van der Waals surface area contributed by atoms with E-state index in [9.17, 15) is 5.11 Å². The van der Waals surface area contributed by atoms with Crippen LogP contribution in [-0.2, 0) is 0 Å². The van der Waals surface area contributed by atoms with Gasteiger partial charge >= 0.3 is 0 Å². The van der Waals surface area contributed by atoms with Crippen LogP contribution in [-0.4, -0.2) is 11.2 Å². The van der Waals surface area contributed by atoms with E-state index >= 15 is 0 Å². The molecule has 2 fully saturated rings. The zero-order valence-electron chi connectivity index (χ0n) is 10.6. The number of aliphatic hydroxyl groups excluding tert-OH is 1. The topological polar surface area (TPSA) is 20.2 Å². The van der Waals surface area contributed by atoms with E-state index in [2.05, 4.69) is 20.8 Å². The summed E-state index contributed by atoms with van der Waals surface area (Å²) in [6.45, 7) is 6.86. The van der Waals surface area contributed by atoms with Crippen molar-refractivity contribution in [1.29, 1.82) is 0 Å². The van der Waals surface area contributed by atoms with Gasteiger partial charge in [0.25, 0.3) is 0 Å². The van der Waals surface area contributed by atoms with Crippen molar-refractivity contribution < 1.29 is 5.11 Å². The highest BCUT2D eigenvalue weighted by Crippen LogP contribution is 2.55. The van der Waals surface area contributed by atoms with Crippen LogP contribution < -0.4 is 0 Å². The molecule has 2 rings (SSSR count). The van der Waals surface area contributed by atoms with Crippen LogP contribution in [0.4, 0.5) is 0 Å². The minimum atomic E-state index is -0.0750. The summed E-state index contributed by atoms with van der Waals surface area (Å²) in [6.07, 6.45) is 8.99. The monoisotopic (exact) mass is 210 g/mol. The van der Waals surface area contributed by atoms with Crippen molar-refractivity contribution in [2.45, 2.75) is 71.8 Å². The first-order chi connectivity index (χ1) is 6.99. The van der Waals surface area contributed by atoms with Crippen molar-refractivity contribution in [3.05, 3.63) is 0 Å². The third kappa shape index (κ3) is 1.73. The second kappa shape index (κ2) is 3.76. The molecule has 15 heavy (non-hydrogen) atoms. The van der Waals surface area contributed by atoms with Gasteiger partial charge < -0.3 is 5.11 Å². The Labute approximate surface area is 94.3 Å². The quantitative estimate of drug-likeness (QED) is 0.645. The van der Waals surface area contributed by atoms with Crippen molar-refractivity contribution in [3.63, 3.8) is 0 Å². The SMILES string of the molecule is CC1CCCCC12CCCC(C)(C)C2O. The van der Waals surface area contributed by atoms with Gasteiger partial charge in [0.15, 0.2) is 0 Å². The molecule has 88 valence electrons. The standard InChI is InChI=1S/C14H26O/c1-11-7-4-5-9-14(11)10-6-8-13(2,3)12(14)15/h11-12,15H,4-10H2,1-3H3. The predicted molar refractivity (Wildman–Crippen MR) is 63.7 cm³/mol. The number of hydrogen-bond acceptors (Lipinski definition) is 1. The first kappa shape index (κ1) is 11.4. The van der Waals surface area contributed by atoms with E-state index in [1.165, 1.54) is 44.9 Å². The first-order valence-corrected chi connectivity index (χ1v) is 6.67. The van der Waals surface area contributed by atoms with Crippen LogP contribution in [0.5, 0.6) is 0 Å². The molecule has 1 nitrogen and oxygen atoms in total. The van der Waals surface area contributed by atoms with Crippen LogP contribution in [0.3, 0.4) is 0 Å². The van der Waals surface area contributed by atoms with Crippen LogP contribution in [0.2, 0.25) is 0 Å². The van der Waals surface area contributed by atoms with Gasteiger partial charge in [-0.3, -0.25) is 0 Å². The summed E-state index contributed by atoms with van der Waals surface area (Å²) in [5.74, 6) is 0.723. The van der Waals surface area contributed by atoms with Crippen molar-refractivity contribution in [2.75, 3.05) is 0 Å². The Morgan fingerprint density at radius 2 is 1.67 bits per heavy atom. The van der Waals surface area contributed by atoms with Crippen LogP contribution >= 0.6 is 0 Å². The fraction of sp³-hybridized carbons (Fsp3) is 1.00. The summed E-state index contributed by atoms with van der Waals surface area (Å²) >= 11 is 0. The molecule has 0 aromatic carbocycles. The minimum absolute atomic E-state index is 0.0750. The fourth-order valence-corrected chi connectivity index (χ4v) is 4.14. The third-order valence-corrected chi connectivity index (χ3v) is 5.26. The third-order valence-electron chi connectivity index (χ3n) is 5.26. The molecular formula is C14H26O. The number of aliphatic hydroxyl groups is 1. The maximum absolute atomic E-state index is 10.7. The molecule has 0 amide bonds. The largest absolute Gasteiger partial charge is 0.392 e. The minimum Gasteiger partial charge on any atom is -0.392 e. The average Bonchev–Trinajstić information content (AvgIpc) is 2.18. The Morgan fingerprint density at radius 1 is 1.00 bits per heavy atom. The number of rotatable bonds is 0. The zero-order valence-corrected chi connectivity index (χ0v) is 10.6. The van der Waals surface area contributed by atoms with Gasteiger partial charge in [0, 0.05) is 0 Å².